The van der Waals surface area contributed by atoms with Gasteiger partial charge in [0.1, 0.15) is 23.0 Å². The van der Waals surface area contributed by atoms with Crippen molar-refractivity contribution in [3.8, 4) is 5.69 Å². The number of benzene rings is 1. The van der Waals surface area contributed by atoms with Gasteiger partial charge in [0, 0.05) is 31.9 Å². The number of nitrogens with one attached hydrogen (secondary N) is 1. The smallest absolute Gasteiger partial charge is 0.257 e. The van der Waals surface area contributed by atoms with Gasteiger partial charge in [0.2, 0.25) is 5.43 Å². The van der Waals surface area contributed by atoms with Gasteiger partial charge in [-0.25, -0.2) is 13.8 Å². The van der Waals surface area contributed by atoms with Crippen molar-refractivity contribution in [2.24, 2.45) is 23.7 Å². The molecule has 2 aromatic heterocycles. The molecule has 0 radical (unpaired) electrons. The topological polar surface area (TPSA) is 67.2 Å². The van der Waals surface area contributed by atoms with Crippen molar-refractivity contribution < 1.29 is 13.6 Å². The van der Waals surface area contributed by atoms with Crippen LogP contribution in [0.4, 0.5) is 14.6 Å². The standard InChI is InChI=1S/C28H30F2N4O2/c1-28(12-15-8-16-10-17(13-28)20(16)9-15)32-27(36)21-14-34(23-6-4-18(29)11-22(23)30)26-19(25(21)35)5-7-24(31-26)33(2)3/h4-7,11,14-17,20H,8-10,12-13H2,1-3H3,(H,32,36). The van der Waals surface area contributed by atoms with Gasteiger partial charge in [-0.2, -0.15) is 0 Å². The minimum Gasteiger partial charge on any atom is -0.363 e. The van der Waals surface area contributed by atoms with Crippen LogP contribution < -0.4 is 15.6 Å². The lowest BCUT2D eigenvalue weighted by atomic mass is 9.62. The molecule has 0 saturated heterocycles. The van der Waals surface area contributed by atoms with E-state index in [1.54, 1.807) is 31.1 Å². The maximum absolute atomic E-state index is 14.9. The number of fused-ring (bicyclic) bond motifs is 2. The monoisotopic (exact) mass is 492 g/mol. The predicted molar refractivity (Wildman–Crippen MR) is 134 cm³/mol. The first-order chi connectivity index (χ1) is 17.1. The second kappa shape index (κ2) is 8.11. The Morgan fingerprint density at radius 1 is 1.11 bits per heavy atom. The number of hydrogen-bond donors (Lipinski definition) is 1. The molecule has 1 N–H and O–H groups in total. The Morgan fingerprint density at radius 2 is 1.92 bits per heavy atom. The Balaban J connectivity index is 1.44. The van der Waals surface area contributed by atoms with E-state index in [-0.39, 0.29) is 22.3 Å². The molecular formula is C28H30F2N4O2. The molecule has 5 atom stereocenters. The molecule has 1 aromatic carbocycles. The summed E-state index contributed by atoms with van der Waals surface area (Å²) in [7, 11) is 3.61. The molecule has 188 valence electrons. The van der Waals surface area contributed by atoms with Gasteiger partial charge in [-0.1, -0.05) is 0 Å². The van der Waals surface area contributed by atoms with Crippen molar-refractivity contribution in [3.63, 3.8) is 0 Å². The Bertz CT molecular complexity index is 1450. The van der Waals surface area contributed by atoms with E-state index < -0.39 is 28.5 Å². The molecule has 3 aliphatic rings. The molecule has 0 spiro atoms. The summed E-state index contributed by atoms with van der Waals surface area (Å²) in [5.74, 6) is 1.45. The van der Waals surface area contributed by atoms with Gasteiger partial charge >= 0.3 is 0 Å². The van der Waals surface area contributed by atoms with E-state index >= 15 is 0 Å². The summed E-state index contributed by atoms with van der Waals surface area (Å²) in [5.41, 5.74) is -0.717. The van der Waals surface area contributed by atoms with Crippen LogP contribution in [0.2, 0.25) is 0 Å². The number of pyridine rings is 2. The van der Waals surface area contributed by atoms with Crippen molar-refractivity contribution in [1.29, 1.82) is 0 Å². The lowest BCUT2D eigenvalue weighted by Crippen LogP contribution is -2.51. The summed E-state index contributed by atoms with van der Waals surface area (Å²) >= 11 is 0. The molecule has 3 aliphatic carbocycles. The fourth-order valence-corrected chi connectivity index (χ4v) is 7.10. The second-order valence-electron chi connectivity index (χ2n) is 11.5. The van der Waals surface area contributed by atoms with E-state index in [0.717, 1.165) is 36.8 Å². The van der Waals surface area contributed by atoms with Crippen molar-refractivity contribution in [1.82, 2.24) is 14.9 Å². The number of aromatic nitrogens is 2. The highest BCUT2D eigenvalue weighted by molar-refractivity contribution is 5.97. The highest BCUT2D eigenvalue weighted by Crippen LogP contribution is 2.60. The van der Waals surface area contributed by atoms with Crippen molar-refractivity contribution in [2.45, 2.75) is 44.6 Å². The molecule has 36 heavy (non-hydrogen) atoms. The number of hydrogen-bond acceptors (Lipinski definition) is 4. The van der Waals surface area contributed by atoms with Gasteiger partial charge < -0.3 is 10.2 Å². The van der Waals surface area contributed by atoms with E-state index in [4.69, 9.17) is 0 Å². The first-order valence-electron chi connectivity index (χ1n) is 12.6. The van der Waals surface area contributed by atoms with Crippen LogP contribution in [0.5, 0.6) is 0 Å². The zero-order valence-corrected chi connectivity index (χ0v) is 20.7. The van der Waals surface area contributed by atoms with Crippen LogP contribution in [0.15, 0.2) is 41.3 Å². The SMILES string of the molecule is CN(C)c1ccc2c(=O)c(C(=O)NC3(C)CC4CC5CC(C3)C5C4)cn(-c3ccc(F)cc3F)c2n1. The highest BCUT2D eigenvalue weighted by Gasteiger charge is 2.53. The molecule has 2 heterocycles. The van der Waals surface area contributed by atoms with E-state index in [0.29, 0.717) is 17.7 Å². The Kier molecular flexibility index (Phi) is 5.21. The van der Waals surface area contributed by atoms with Crippen LogP contribution in [0.3, 0.4) is 0 Å². The molecule has 8 heteroatoms. The predicted octanol–water partition coefficient (Wildman–Crippen LogP) is 4.67. The van der Waals surface area contributed by atoms with Gasteiger partial charge in [0.25, 0.3) is 5.91 Å². The summed E-state index contributed by atoms with van der Waals surface area (Å²) in [6, 6.07) is 6.51. The van der Waals surface area contributed by atoms with E-state index in [9.17, 15) is 18.4 Å². The minimum absolute atomic E-state index is 0.0114. The van der Waals surface area contributed by atoms with Gasteiger partial charge in [-0.05, 0) is 87.0 Å². The first kappa shape index (κ1) is 23.1. The molecule has 3 saturated carbocycles. The second-order valence-corrected chi connectivity index (χ2v) is 11.5. The number of nitrogens with zero attached hydrogens (tertiary/aromatic N) is 3. The fourth-order valence-electron chi connectivity index (χ4n) is 7.10. The molecule has 6 nitrogen and oxygen atoms in total. The lowest BCUT2D eigenvalue weighted by Gasteiger charge is -2.46. The summed E-state index contributed by atoms with van der Waals surface area (Å²) in [6.07, 6.45) is 6.88. The van der Waals surface area contributed by atoms with Gasteiger partial charge in [-0.15, -0.1) is 0 Å². The number of carbonyl (C=O) groups excluding carboxylic acids is 1. The normalized spacial score (nSPS) is 28.5. The van der Waals surface area contributed by atoms with Crippen LogP contribution in [-0.4, -0.2) is 35.1 Å². The van der Waals surface area contributed by atoms with Crippen LogP contribution in [-0.2, 0) is 0 Å². The molecular weight excluding hydrogens is 462 g/mol. The van der Waals surface area contributed by atoms with Crippen LogP contribution in [0.25, 0.3) is 16.7 Å². The largest absolute Gasteiger partial charge is 0.363 e. The summed E-state index contributed by atoms with van der Waals surface area (Å²) in [6.45, 7) is 2.09. The van der Waals surface area contributed by atoms with E-state index in [1.165, 1.54) is 36.1 Å². The Morgan fingerprint density at radius 3 is 2.67 bits per heavy atom. The van der Waals surface area contributed by atoms with Gasteiger partial charge in [0.05, 0.1) is 11.1 Å². The van der Waals surface area contributed by atoms with Crippen LogP contribution in [0, 0.1) is 35.3 Å². The summed E-state index contributed by atoms with van der Waals surface area (Å²) < 4.78 is 29.9. The van der Waals surface area contributed by atoms with E-state index in [2.05, 4.69) is 17.2 Å². The fraction of sp³-hybridized carbons (Fsp3) is 0.464. The van der Waals surface area contributed by atoms with Crippen molar-refractivity contribution >= 4 is 22.8 Å². The molecule has 3 aromatic rings. The summed E-state index contributed by atoms with van der Waals surface area (Å²) in [5, 5.41) is 3.39. The first-order valence-corrected chi connectivity index (χ1v) is 12.6. The Hall–Kier alpha value is -3.29. The number of carbonyl (C=O) groups is 1. The average Bonchev–Trinajstić information content (AvgIpc) is 3.07. The van der Waals surface area contributed by atoms with Gasteiger partial charge in [0.15, 0.2) is 5.65 Å². The quantitative estimate of drug-likeness (QED) is 0.575. The lowest BCUT2D eigenvalue weighted by molar-refractivity contribution is 0.0570. The molecule has 3 fully saturated rings. The van der Waals surface area contributed by atoms with Gasteiger partial charge in [-0.3, -0.25) is 14.2 Å². The number of rotatable bonds is 4. The van der Waals surface area contributed by atoms with Crippen LogP contribution in [0.1, 0.15) is 49.4 Å². The third-order valence-electron chi connectivity index (χ3n) is 8.63. The number of amides is 1. The number of halogens is 2. The summed E-state index contributed by atoms with van der Waals surface area (Å²) in [4.78, 5) is 33.4. The molecule has 6 rings (SSSR count). The van der Waals surface area contributed by atoms with E-state index in [1.807, 2.05) is 0 Å². The van der Waals surface area contributed by atoms with Crippen LogP contribution >= 0.6 is 0 Å². The maximum Gasteiger partial charge on any atom is 0.257 e. The van der Waals surface area contributed by atoms with Crippen molar-refractivity contribution in [2.75, 3.05) is 19.0 Å². The molecule has 1 amide bonds. The third kappa shape index (κ3) is 3.69. The Labute approximate surface area is 208 Å². The maximum atomic E-state index is 14.9. The minimum atomic E-state index is -0.811. The zero-order chi connectivity index (χ0) is 25.4. The highest BCUT2D eigenvalue weighted by atomic mass is 19.1. The molecule has 0 aliphatic heterocycles. The third-order valence-corrected chi connectivity index (χ3v) is 8.63. The zero-order valence-electron chi connectivity index (χ0n) is 20.7. The average molecular weight is 493 g/mol. The molecule has 2 bridgehead atoms. The number of anilines is 1. The van der Waals surface area contributed by atoms with Crippen molar-refractivity contribution in [3.05, 3.63) is 63.9 Å². The molecule has 5 unspecified atom stereocenters.